The monoisotopic (exact) mass is 825 g/mol. The van der Waals surface area contributed by atoms with Gasteiger partial charge in [-0.05, 0) is 136 Å². The van der Waals surface area contributed by atoms with Gasteiger partial charge in [-0.1, -0.05) is 103 Å². The van der Waals surface area contributed by atoms with E-state index in [1.165, 1.54) is 42.5 Å². The van der Waals surface area contributed by atoms with Gasteiger partial charge in [-0.25, -0.2) is 0 Å². The van der Waals surface area contributed by atoms with Gasteiger partial charge in [0, 0.05) is 23.9 Å². The third kappa shape index (κ3) is 16.7. The van der Waals surface area contributed by atoms with Gasteiger partial charge in [0.1, 0.15) is 5.82 Å². The predicted molar refractivity (Wildman–Crippen MR) is 254 cm³/mol. The number of rotatable bonds is 21. The van der Waals surface area contributed by atoms with Crippen molar-refractivity contribution >= 4 is 16.7 Å². The van der Waals surface area contributed by atoms with Crippen LogP contribution in [-0.4, -0.2) is 120 Å². The molecule has 0 saturated carbocycles. The lowest BCUT2D eigenvalue weighted by Crippen LogP contribution is -2.16. The van der Waals surface area contributed by atoms with Crippen molar-refractivity contribution in [2.24, 2.45) is 0 Å². The summed E-state index contributed by atoms with van der Waals surface area (Å²) in [7, 11) is 12.6. The number of anilines is 1. The topological polar surface area (TPSA) is 106 Å². The lowest BCUT2D eigenvalue weighted by atomic mass is 10.1. The van der Waals surface area contributed by atoms with E-state index in [1.807, 2.05) is 59.3 Å². The van der Waals surface area contributed by atoms with Gasteiger partial charge in [-0.3, -0.25) is 14.9 Å². The van der Waals surface area contributed by atoms with Gasteiger partial charge in [0.2, 0.25) is 5.88 Å². The van der Waals surface area contributed by atoms with Crippen LogP contribution in [-0.2, 0) is 13.0 Å². The fourth-order valence-corrected chi connectivity index (χ4v) is 6.74. The molecule has 0 saturated heterocycles. The number of hydrogen-bond donors (Lipinski definition) is 3. The number of fused-ring (bicyclic) bond motifs is 1. The molecule has 0 aliphatic rings. The van der Waals surface area contributed by atoms with Crippen molar-refractivity contribution in [1.82, 2.24) is 44.9 Å². The molecule has 324 valence electrons. The number of aromatic amines is 2. The van der Waals surface area contributed by atoms with Gasteiger partial charge in [0.25, 0.3) is 0 Å². The number of unbranched alkanes of at least 4 members (excludes halogenated alkanes) is 3. The number of benzene rings is 4. The van der Waals surface area contributed by atoms with E-state index in [0.717, 1.165) is 98.1 Å². The zero-order valence-electron chi connectivity index (χ0n) is 37.4. The van der Waals surface area contributed by atoms with Crippen LogP contribution in [0.15, 0.2) is 127 Å². The highest BCUT2D eigenvalue weighted by atomic mass is 16.5. The van der Waals surface area contributed by atoms with Gasteiger partial charge in [-0.2, -0.15) is 10.2 Å². The first-order chi connectivity index (χ1) is 29.7. The Hall–Kier alpha value is -5.75. The van der Waals surface area contributed by atoms with Crippen LogP contribution in [0.4, 0.5) is 5.82 Å². The molecule has 61 heavy (non-hydrogen) atoms. The van der Waals surface area contributed by atoms with Gasteiger partial charge in [-0.15, -0.1) is 5.10 Å². The average Bonchev–Trinajstić information content (AvgIpc) is 4.04. The molecule has 0 amide bonds. The zero-order chi connectivity index (χ0) is 43.1. The van der Waals surface area contributed by atoms with Gasteiger partial charge < -0.3 is 24.8 Å². The number of ether oxygens (including phenoxy) is 1. The van der Waals surface area contributed by atoms with Crippen LogP contribution in [0, 0.1) is 0 Å². The minimum atomic E-state index is 0.722. The molecule has 0 unspecified atom stereocenters. The Morgan fingerprint density at radius 2 is 1.20 bits per heavy atom. The maximum atomic E-state index is 6.00. The molecule has 7 aromatic rings. The molecular formula is C50H68N10O. The second kappa shape index (κ2) is 25.8. The molecule has 0 fully saturated rings. The van der Waals surface area contributed by atoms with E-state index in [2.05, 4.69) is 155 Å². The van der Waals surface area contributed by atoms with Crippen LogP contribution in [0.25, 0.3) is 33.4 Å². The Morgan fingerprint density at radius 3 is 1.89 bits per heavy atom. The molecule has 11 heteroatoms. The normalized spacial score (nSPS) is 11.1. The van der Waals surface area contributed by atoms with Crippen molar-refractivity contribution < 1.29 is 4.74 Å². The fourth-order valence-electron chi connectivity index (χ4n) is 6.74. The highest BCUT2D eigenvalue weighted by Gasteiger charge is 2.12. The van der Waals surface area contributed by atoms with Crippen molar-refractivity contribution in [3.05, 3.63) is 139 Å². The summed E-state index contributed by atoms with van der Waals surface area (Å²) >= 11 is 0. The SMILES string of the molecule is CN(C)CCCCCOc1nn(Cc2ccccc2)c2ccccc12.CN(C)CCCCc1cc(-c2ccccc2)n[nH]1.CN(C)CCCNc1cc(-c2ccccc2)[nH]n1. The maximum absolute atomic E-state index is 6.00. The van der Waals surface area contributed by atoms with Crippen molar-refractivity contribution in [2.45, 2.75) is 51.5 Å². The predicted octanol–water partition coefficient (Wildman–Crippen LogP) is 9.60. The molecule has 0 aliphatic carbocycles. The number of hydrogen-bond acceptors (Lipinski definition) is 8. The quantitative estimate of drug-likeness (QED) is 0.0616. The lowest BCUT2D eigenvalue weighted by Gasteiger charge is -2.08. The molecule has 0 aliphatic heterocycles. The smallest absolute Gasteiger partial charge is 0.240 e. The fraction of sp³-hybridized carbons (Fsp3) is 0.380. The molecule has 0 radical (unpaired) electrons. The van der Waals surface area contributed by atoms with Crippen LogP contribution in [0.5, 0.6) is 5.88 Å². The van der Waals surface area contributed by atoms with Crippen LogP contribution in [0.1, 0.15) is 49.8 Å². The van der Waals surface area contributed by atoms with E-state index in [1.54, 1.807) is 0 Å². The summed E-state index contributed by atoms with van der Waals surface area (Å²) in [5.41, 5.74) is 8.01. The number of aromatic nitrogens is 6. The average molecular weight is 825 g/mol. The van der Waals surface area contributed by atoms with Crippen LogP contribution >= 0.6 is 0 Å². The Labute approximate surface area is 364 Å². The number of para-hydroxylation sites is 1. The zero-order valence-corrected chi connectivity index (χ0v) is 37.4. The van der Waals surface area contributed by atoms with Gasteiger partial charge in [0.05, 0.1) is 35.4 Å². The second-order valence-corrected chi connectivity index (χ2v) is 16.2. The Kier molecular flexibility index (Phi) is 19.6. The molecule has 3 aromatic heterocycles. The summed E-state index contributed by atoms with van der Waals surface area (Å²) in [4.78, 5) is 6.63. The van der Waals surface area contributed by atoms with E-state index in [-0.39, 0.29) is 0 Å². The van der Waals surface area contributed by atoms with E-state index >= 15 is 0 Å². The molecule has 0 atom stereocenters. The summed E-state index contributed by atoms with van der Waals surface area (Å²) in [5.74, 6) is 1.66. The van der Waals surface area contributed by atoms with E-state index in [4.69, 9.17) is 9.84 Å². The Balaban J connectivity index is 0.000000177. The van der Waals surface area contributed by atoms with Crippen LogP contribution in [0.3, 0.4) is 0 Å². The van der Waals surface area contributed by atoms with Crippen molar-refractivity contribution in [3.8, 4) is 28.4 Å². The van der Waals surface area contributed by atoms with Crippen molar-refractivity contribution in [1.29, 1.82) is 0 Å². The first-order valence-electron chi connectivity index (χ1n) is 21.8. The first-order valence-corrected chi connectivity index (χ1v) is 21.8. The van der Waals surface area contributed by atoms with Gasteiger partial charge in [0.15, 0.2) is 0 Å². The molecule has 11 nitrogen and oxygen atoms in total. The molecule has 0 bridgehead atoms. The number of nitrogens with zero attached hydrogens (tertiary/aromatic N) is 7. The number of aryl methyl sites for hydroxylation is 1. The molecule has 3 N–H and O–H groups in total. The van der Waals surface area contributed by atoms with E-state index < -0.39 is 0 Å². The first kappa shape index (κ1) is 46.3. The van der Waals surface area contributed by atoms with Crippen molar-refractivity contribution in [3.63, 3.8) is 0 Å². The van der Waals surface area contributed by atoms with Crippen molar-refractivity contribution in [2.75, 3.05) is 80.4 Å². The summed E-state index contributed by atoms with van der Waals surface area (Å²) < 4.78 is 8.03. The summed E-state index contributed by atoms with van der Waals surface area (Å²) in [6.07, 6.45) is 8.07. The standard InChI is InChI=1S/C21H27N3O.C15H21N3.C14H20N4/c1-23(2)15-9-4-10-16-25-21-19-13-7-8-14-20(19)24(22-21)17-18-11-5-3-6-12-18;1-18(2)11-7-6-10-14-12-15(17-16-14)13-8-4-3-5-9-13;1-18(2)10-6-9-15-14-11-13(16-17-14)12-7-4-3-5-8-12/h3,5-8,11-14H,4,9-10,15-17H2,1-2H3;3-5,8-9,12H,6-7,10-11H2,1-2H3,(H,16,17);3-5,7-8,11H,6,9-10H2,1-2H3,(H2,15,16,17). The molecule has 3 heterocycles. The third-order valence-corrected chi connectivity index (χ3v) is 10.0. The minimum Gasteiger partial charge on any atom is -0.476 e. The number of H-pyrrole nitrogens is 2. The lowest BCUT2D eigenvalue weighted by molar-refractivity contribution is 0.288. The van der Waals surface area contributed by atoms with E-state index in [9.17, 15) is 0 Å². The summed E-state index contributed by atoms with van der Waals surface area (Å²) in [6, 6.07) is 43.4. The van der Waals surface area contributed by atoms with Gasteiger partial charge >= 0.3 is 0 Å². The van der Waals surface area contributed by atoms with Crippen LogP contribution in [0.2, 0.25) is 0 Å². The molecular weight excluding hydrogens is 757 g/mol. The summed E-state index contributed by atoms with van der Waals surface area (Å²) in [5, 5.41) is 23.9. The molecule has 7 rings (SSSR count). The minimum absolute atomic E-state index is 0.722. The van der Waals surface area contributed by atoms with Crippen LogP contribution < -0.4 is 10.1 Å². The molecule has 0 spiro atoms. The largest absolute Gasteiger partial charge is 0.476 e. The Morgan fingerprint density at radius 1 is 0.590 bits per heavy atom. The highest BCUT2D eigenvalue weighted by molar-refractivity contribution is 5.84. The van der Waals surface area contributed by atoms with E-state index in [0.29, 0.717) is 0 Å². The highest BCUT2D eigenvalue weighted by Crippen LogP contribution is 2.26. The Bertz CT molecular complexity index is 2100. The second-order valence-electron chi connectivity index (χ2n) is 16.2. The third-order valence-electron chi connectivity index (χ3n) is 10.0. The summed E-state index contributed by atoms with van der Waals surface area (Å²) in [6.45, 7) is 5.79. The maximum Gasteiger partial charge on any atom is 0.240 e. The molecule has 4 aromatic carbocycles. The number of nitrogens with one attached hydrogen (secondary N) is 3.